The Labute approximate surface area is 185 Å². The second-order valence-electron chi connectivity index (χ2n) is 9.54. The lowest BCUT2D eigenvalue weighted by atomic mass is 10.0. The third-order valence-electron chi connectivity index (χ3n) is 7.66. The number of nitriles is 1. The smallest absolute Gasteiger partial charge is 0.263 e. The molecule has 4 fully saturated rings. The van der Waals surface area contributed by atoms with Crippen LogP contribution in [0.5, 0.6) is 0 Å². The standard InChI is InChI=1S/C23H27F2N5O2/c1-12(13-2-4-14(5-3-13)21(24)25)29-17-8-20(23(29)32)28(10-17)11-18(27)22(31)30-16(9-26)6-15-7-19(15)30/h2-5,12,15-21H,6-8,10-11,27H2,1H3/t12-,15+,16-,17-,18-,19-,20+/m0/s1. The molecule has 1 saturated carbocycles. The number of hydrogen-bond donors (Lipinski definition) is 1. The number of nitrogens with two attached hydrogens (primary N) is 1. The first-order valence-electron chi connectivity index (χ1n) is 11.2. The second kappa shape index (κ2) is 7.78. The number of carbonyl (C=O) groups excluding carboxylic acids is 2. The maximum Gasteiger partial charge on any atom is 0.263 e. The summed E-state index contributed by atoms with van der Waals surface area (Å²) in [6.45, 7) is 2.84. The normalized spacial score (nSPS) is 32.9. The first-order valence-corrected chi connectivity index (χ1v) is 11.2. The number of nitrogens with zero attached hydrogens (tertiary/aromatic N) is 4. The van der Waals surface area contributed by atoms with Gasteiger partial charge in [-0.05, 0) is 37.7 Å². The van der Waals surface area contributed by atoms with Crippen molar-refractivity contribution in [3.05, 3.63) is 35.4 Å². The number of fused-ring (bicyclic) bond motifs is 3. The number of benzene rings is 1. The first-order chi connectivity index (χ1) is 15.3. The zero-order valence-electron chi connectivity index (χ0n) is 17.9. The third-order valence-corrected chi connectivity index (χ3v) is 7.66. The molecule has 0 aromatic heterocycles. The predicted molar refractivity (Wildman–Crippen MR) is 111 cm³/mol. The van der Waals surface area contributed by atoms with Crippen LogP contribution in [0.3, 0.4) is 0 Å². The molecule has 0 radical (unpaired) electrons. The predicted octanol–water partition coefficient (Wildman–Crippen LogP) is 1.81. The lowest BCUT2D eigenvalue weighted by Crippen LogP contribution is -2.57. The first kappa shape index (κ1) is 21.3. The molecule has 2 N–H and O–H groups in total. The van der Waals surface area contributed by atoms with Gasteiger partial charge in [0.1, 0.15) is 6.04 Å². The fourth-order valence-corrected chi connectivity index (χ4v) is 5.89. The minimum atomic E-state index is -2.51. The summed E-state index contributed by atoms with van der Waals surface area (Å²) in [5.74, 6) is 0.232. The van der Waals surface area contributed by atoms with E-state index in [9.17, 15) is 23.6 Å². The van der Waals surface area contributed by atoms with Crippen LogP contribution < -0.4 is 5.73 Å². The van der Waals surface area contributed by atoms with Gasteiger partial charge in [-0.1, -0.05) is 24.3 Å². The van der Waals surface area contributed by atoms with Crippen LogP contribution in [0, 0.1) is 17.2 Å². The highest BCUT2D eigenvalue weighted by Crippen LogP contribution is 2.48. The number of halogens is 2. The summed E-state index contributed by atoms with van der Waals surface area (Å²) < 4.78 is 25.7. The fraction of sp³-hybridized carbons (Fsp3) is 0.609. The molecule has 4 aliphatic rings. The molecule has 0 unspecified atom stereocenters. The van der Waals surface area contributed by atoms with Gasteiger partial charge in [-0.3, -0.25) is 14.5 Å². The van der Waals surface area contributed by atoms with E-state index in [0.717, 1.165) is 18.4 Å². The van der Waals surface area contributed by atoms with Crippen molar-refractivity contribution in [1.29, 1.82) is 5.26 Å². The summed E-state index contributed by atoms with van der Waals surface area (Å²) in [7, 11) is 0. The van der Waals surface area contributed by atoms with E-state index < -0.39 is 12.5 Å². The van der Waals surface area contributed by atoms with Crippen molar-refractivity contribution in [1.82, 2.24) is 14.7 Å². The number of alkyl halides is 2. The quantitative estimate of drug-likeness (QED) is 0.724. The van der Waals surface area contributed by atoms with Crippen molar-refractivity contribution in [3.8, 4) is 6.07 Å². The van der Waals surface area contributed by atoms with Crippen LogP contribution in [-0.4, -0.2) is 69.8 Å². The summed E-state index contributed by atoms with van der Waals surface area (Å²) in [6, 6.07) is 6.82. The molecule has 2 bridgehead atoms. The molecule has 0 spiro atoms. The largest absolute Gasteiger partial charge is 0.330 e. The van der Waals surface area contributed by atoms with E-state index in [1.165, 1.54) is 12.1 Å². The molecule has 7 atom stereocenters. The Balaban J connectivity index is 1.22. The van der Waals surface area contributed by atoms with E-state index in [1.807, 2.05) is 16.7 Å². The average molecular weight is 443 g/mol. The summed E-state index contributed by atoms with van der Waals surface area (Å²) in [5, 5.41) is 9.35. The maximum atomic E-state index is 13.1. The van der Waals surface area contributed by atoms with Gasteiger partial charge in [0.05, 0.1) is 24.2 Å². The minimum Gasteiger partial charge on any atom is -0.330 e. The number of piperazine rings is 1. The molecule has 3 aliphatic heterocycles. The number of likely N-dealkylation sites (tertiary alicyclic amines) is 3. The molecule has 3 saturated heterocycles. The van der Waals surface area contributed by atoms with Crippen molar-refractivity contribution in [2.24, 2.45) is 11.7 Å². The highest BCUT2D eigenvalue weighted by Gasteiger charge is 2.56. The van der Waals surface area contributed by atoms with Gasteiger partial charge >= 0.3 is 0 Å². The lowest BCUT2D eigenvalue weighted by Gasteiger charge is -2.38. The fourth-order valence-electron chi connectivity index (χ4n) is 5.89. The summed E-state index contributed by atoms with van der Waals surface area (Å²) in [5.41, 5.74) is 7.04. The Morgan fingerprint density at radius 3 is 2.53 bits per heavy atom. The highest BCUT2D eigenvalue weighted by atomic mass is 19.3. The number of rotatable bonds is 6. The SMILES string of the molecule is C[C@@H](c1ccc(C(F)F)cc1)N1C(=O)[C@H]2C[C@H]1CN2C[C@H](N)C(=O)N1[C@H](C#N)C[C@@H]2C[C@@H]21. The van der Waals surface area contributed by atoms with Crippen LogP contribution in [0.4, 0.5) is 8.78 Å². The van der Waals surface area contributed by atoms with Crippen LogP contribution in [0.25, 0.3) is 0 Å². The van der Waals surface area contributed by atoms with Crippen LogP contribution in [0.1, 0.15) is 49.8 Å². The van der Waals surface area contributed by atoms with Gasteiger partial charge in [0, 0.05) is 30.7 Å². The van der Waals surface area contributed by atoms with Crippen molar-refractivity contribution >= 4 is 11.8 Å². The van der Waals surface area contributed by atoms with Gasteiger partial charge in [0.15, 0.2) is 0 Å². The molecule has 9 heteroatoms. The molecule has 1 aromatic carbocycles. The Kier molecular flexibility index (Phi) is 5.18. The molecule has 5 rings (SSSR count). The lowest BCUT2D eigenvalue weighted by molar-refractivity contribution is -0.141. The summed E-state index contributed by atoms with van der Waals surface area (Å²) in [6.07, 6.45) is -0.153. The molecule has 2 amide bonds. The van der Waals surface area contributed by atoms with Gasteiger partial charge in [-0.15, -0.1) is 0 Å². The van der Waals surface area contributed by atoms with Crippen LogP contribution in [-0.2, 0) is 9.59 Å². The number of carbonyl (C=O) groups is 2. The second-order valence-corrected chi connectivity index (χ2v) is 9.54. The minimum absolute atomic E-state index is 0.00559. The molecule has 170 valence electrons. The number of piperidine rings is 1. The van der Waals surface area contributed by atoms with Crippen molar-refractivity contribution in [3.63, 3.8) is 0 Å². The Morgan fingerprint density at radius 1 is 1.22 bits per heavy atom. The van der Waals surface area contributed by atoms with E-state index in [1.54, 1.807) is 17.0 Å². The van der Waals surface area contributed by atoms with E-state index >= 15 is 0 Å². The molecule has 7 nitrogen and oxygen atoms in total. The monoisotopic (exact) mass is 443 g/mol. The average Bonchev–Trinajstić information content (AvgIpc) is 3.11. The van der Waals surface area contributed by atoms with E-state index in [2.05, 4.69) is 6.07 Å². The highest BCUT2D eigenvalue weighted by molar-refractivity contribution is 5.87. The van der Waals surface area contributed by atoms with Gasteiger partial charge in [0.2, 0.25) is 11.8 Å². The Hall–Kier alpha value is -2.57. The zero-order chi connectivity index (χ0) is 22.7. The van der Waals surface area contributed by atoms with E-state index in [0.29, 0.717) is 25.4 Å². The van der Waals surface area contributed by atoms with Crippen LogP contribution in [0.15, 0.2) is 24.3 Å². The molecular formula is C23H27F2N5O2. The summed E-state index contributed by atoms with van der Waals surface area (Å²) in [4.78, 5) is 31.5. The molecule has 3 heterocycles. The van der Waals surface area contributed by atoms with Crippen LogP contribution in [0.2, 0.25) is 0 Å². The van der Waals surface area contributed by atoms with Gasteiger partial charge in [-0.25, -0.2) is 8.78 Å². The zero-order valence-corrected chi connectivity index (χ0v) is 17.9. The Bertz CT molecular complexity index is 964. The van der Waals surface area contributed by atoms with Gasteiger partial charge in [0.25, 0.3) is 6.43 Å². The van der Waals surface area contributed by atoms with Gasteiger partial charge in [-0.2, -0.15) is 5.26 Å². The molecule has 32 heavy (non-hydrogen) atoms. The van der Waals surface area contributed by atoms with Gasteiger partial charge < -0.3 is 15.5 Å². The van der Waals surface area contributed by atoms with Crippen molar-refractivity contribution in [2.75, 3.05) is 13.1 Å². The summed E-state index contributed by atoms with van der Waals surface area (Å²) >= 11 is 0. The number of hydrogen-bond acceptors (Lipinski definition) is 5. The van der Waals surface area contributed by atoms with E-state index in [4.69, 9.17) is 5.73 Å². The molecular weight excluding hydrogens is 416 g/mol. The number of amides is 2. The van der Waals surface area contributed by atoms with Crippen molar-refractivity contribution < 1.29 is 18.4 Å². The molecule has 1 aliphatic carbocycles. The topological polar surface area (TPSA) is 93.7 Å². The maximum absolute atomic E-state index is 13.1. The van der Waals surface area contributed by atoms with E-state index in [-0.39, 0.29) is 47.6 Å². The third kappa shape index (κ3) is 3.37. The molecule has 1 aromatic rings. The van der Waals surface area contributed by atoms with Crippen LogP contribution >= 0.6 is 0 Å². The Morgan fingerprint density at radius 2 is 1.91 bits per heavy atom. The van der Waals surface area contributed by atoms with Crippen molar-refractivity contribution in [2.45, 2.75) is 68.9 Å².